The predicted molar refractivity (Wildman–Crippen MR) is 73.9 cm³/mol. The van der Waals surface area contributed by atoms with E-state index in [-0.39, 0.29) is 0 Å². The normalized spacial score (nSPS) is 28.1. The topological polar surface area (TPSA) is 29.5 Å². The number of hydrogen-bond acceptors (Lipinski definition) is 2. The molecule has 0 atom stereocenters. The molecular formula is C16H24O2. The van der Waals surface area contributed by atoms with Crippen LogP contribution in [0.2, 0.25) is 0 Å². The Morgan fingerprint density at radius 3 is 2.56 bits per heavy atom. The zero-order chi connectivity index (χ0) is 13.0. The molecule has 1 fully saturated rings. The molecule has 1 aliphatic carbocycles. The molecule has 0 amide bonds. The van der Waals surface area contributed by atoms with Gasteiger partial charge in [-0.2, -0.15) is 0 Å². The van der Waals surface area contributed by atoms with Crippen LogP contribution >= 0.6 is 0 Å². The van der Waals surface area contributed by atoms with Gasteiger partial charge in [-0.25, -0.2) is 0 Å². The highest BCUT2D eigenvalue weighted by molar-refractivity contribution is 5.34. The molecule has 0 saturated heterocycles. The molecule has 1 aliphatic rings. The van der Waals surface area contributed by atoms with E-state index in [1.807, 2.05) is 18.2 Å². The highest BCUT2D eigenvalue weighted by atomic mass is 16.5. The van der Waals surface area contributed by atoms with Crippen molar-refractivity contribution < 1.29 is 9.84 Å². The fraction of sp³-hybridized carbons (Fsp3) is 0.625. The Kier molecular flexibility index (Phi) is 4.28. The first kappa shape index (κ1) is 13.4. The van der Waals surface area contributed by atoms with Crippen LogP contribution in [0.5, 0.6) is 5.75 Å². The van der Waals surface area contributed by atoms with Gasteiger partial charge in [0.05, 0.1) is 12.7 Å². The second-order valence-electron chi connectivity index (χ2n) is 5.56. The zero-order valence-electron chi connectivity index (χ0n) is 11.5. The van der Waals surface area contributed by atoms with Crippen molar-refractivity contribution >= 4 is 0 Å². The molecule has 0 unspecified atom stereocenters. The number of para-hydroxylation sites is 1. The molecule has 0 aromatic heterocycles. The van der Waals surface area contributed by atoms with E-state index < -0.39 is 5.60 Å². The summed E-state index contributed by atoms with van der Waals surface area (Å²) < 4.78 is 5.36. The van der Waals surface area contributed by atoms with Crippen LogP contribution in [-0.2, 0) is 6.42 Å². The maximum Gasteiger partial charge on any atom is 0.122 e. The van der Waals surface area contributed by atoms with Gasteiger partial charge in [-0.3, -0.25) is 0 Å². The monoisotopic (exact) mass is 248 g/mol. The lowest BCUT2D eigenvalue weighted by atomic mass is 9.75. The van der Waals surface area contributed by atoms with Crippen molar-refractivity contribution in [1.82, 2.24) is 0 Å². The Balaban J connectivity index is 2.04. The fourth-order valence-electron chi connectivity index (χ4n) is 3.00. The van der Waals surface area contributed by atoms with Gasteiger partial charge in [-0.15, -0.1) is 0 Å². The van der Waals surface area contributed by atoms with Crippen molar-refractivity contribution in [3.05, 3.63) is 29.8 Å². The first-order valence-electron chi connectivity index (χ1n) is 7.01. The lowest BCUT2D eigenvalue weighted by Gasteiger charge is -2.36. The summed E-state index contributed by atoms with van der Waals surface area (Å²) in [5, 5.41) is 10.7. The molecule has 0 radical (unpaired) electrons. The van der Waals surface area contributed by atoms with Crippen LogP contribution in [0.1, 0.15) is 44.6 Å². The number of benzene rings is 1. The molecule has 1 aromatic rings. The molecule has 0 bridgehead atoms. The van der Waals surface area contributed by atoms with Gasteiger partial charge in [0, 0.05) is 6.42 Å². The van der Waals surface area contributed by atoms with Crippen LogP contribution in [0, 0.1) is 5.92 Å². The summed E-state index contributed by atoms with van der Waals surface area (Å²) in [6.07, 6.45) is 6.11. The van der Waals surface area contributed by atoms with Crippen molar-refractivity contribution in [3.8, 4) is 5.75 Å². The second kappa shape index (κ2) is 5.75. The molecule has 100 valence electrons. The number of methoxy groups -OCH3 is 1. The zero-order valence-corrected chi connectivity index (χ0v) is 11.5. The molecule has 0 heterocycles. The average Bonchev–Trinajstić information content (AvgIpc) is 2.40. The van der Waals surface area contributed by atoms with Gasteiger partial charge in [-0.1, -0.05) is 31.5 Å². The lowest BCUT2D eigenvalue weighted by molar-refractivity contribution is -0.00960. The number of hydrogen-bond donors (Lipinski definition) is 1. The SMILES string of the molecule is CCC1CCC(O)(Cc2ccccc2OC)CC1. The third kappa shape index (κ3) is 3.05. The van der Waals surface area contributed by atoms with Gasteiger partial charge >= 0.3 is 0 Å². The Morgan fingerprint density at radius 1 is 1.28 bits per heavy atom. The molecular weight excluding hydrogens is 224 g/mol. The number of ether oxygens (including phenoxy) is 1. The minimum Gasteiger partial charge on any atom is -0.496 e. The third-order valence-electron chi connectivity index (χ3n) is 4.33. The van der Waals surface area contributed by atoms with Crippen LogP contribution in [0.3, 0.4) is 0 Å². The smallest absolute Gasteiger partial charge is 0.122 e. The quantitative estimate of drug-likeness (QED) is 0.882. The molecule has 2 nitrogen and oxygen atoms in total. The van der Waals surface area contributed by atoms with Gasteiger partial charge in [0.1, 0.15) is 5.75 Å². The Labute approximate surface area is 110 Å². The fourth-order valence-corrected chi connectivity index (χ4v) is 3.00. The highest BCUT2D eigenvalue weighted by Gasteiger charge is 2.33. The number of aliphatic hydroxyl groups is 1. The van der Waals surface area contributed by atoms with Gasteiger partial charge in [0.2, 0.25) is 0 Å². The van der Waals surface area contributed by atoms with Crippen LogP contribution in [0.4, 0.5) is 0 Å². The summed E-state index contributed by atoms with van der Waals surface area (Å²) in [6, 6.07) is 8.01. The maximum absolute atomic E-state index is 10.7. The molecule has 0 spiro atoms. The third-order valence-corrected chi connectivity index (χ3v) is 4.33. The van der Waals surface area contributed by atoms with E-state index in [1.54, 1.807) is 7.11 Å². The van der Waals surface area contributed by atoms with Gasteiger partial charge in [-0.05, 0) is 43.2 Å². The Bertz CT molecular complexity index is 378. The summed E-state index contributed by atoms with van der Waals surface area (Å²) in [5.41, 5.74) is 0.595. The van der Waals surface area contributed by atoms with E-state index >= 15 is 0 Å². The average molecular weight is 248 g/mol. The standard InChI is InChI=1S/C16H24O2/c1-3-13-8-10-16(17,11-9-13)12-14-6-4-5-7-15(14)18-2/h4-7,13,17H,3,8-12H2,1-2H3. The summed E-state index contributed by atoms with van der Waals surface area (Å²) in [7, 11) is 1.69. The minimum absolute atomic E-state index is 0.527. The van der Waals surface area contributed by atoms with Crippen LogP contribution in [0.25, 0.3) is 0 Å². The van der Waals surface area contributed by atoms with E-state index in [0.29, 0.717) is 6.42 Å². The first-order chi connectivity index (χ1) is 8.67. The molecule has 0 aliphatic heterocycles. The van der Waals surface area contributed by atoms with Gasteiger partial charge in [0.25, 0.3) is 0 Å². The summed E-state index contributed by atoms with van der Waals surface area (Å²) >= 11 is 0. The predicted octanol–water partition coefficient (Wildman–Crippen LogP) is 3.57. The van der Waals surface area contributed by atoms with Gasteiger partial charge in [0.15, 0.2) is 0 Å². The molecule has 1 saturated carbocycles. The molecule has 1 aromatic carbocycles. The molecule has 18 heavy (non-hydrogen) atoms. The maximum atomic E-state index is 10.7. The number of rotatable bonds is 4. The van der Waals surface area contributed by atoms with Crippen molar-refractivity contribution in [1.29, 1.82) is 0 Å². The van der Waals surface area contributed by atoms with Crippen molar-refractivity contribution in [3.63, 3.8) is 0 Å². The second-order valence-corrected chi connectivity index (χ2v) is 5.56. The van der Waals surface area contributed by atoms with Crippen LogP contribution in [-0.4, -0.2) is 17.8 Å². The largest absolute Gasteiger partial charge is 0.496 e. The van der Waals surface area contributed by atoms with E-state index in [4.69, 9.17) is 4.74 Å². The molecule has 1 N–H and O–H groups in total. The van der Waals surface area contributed by atoms with Crippen molar-refractivity contribution in [2.45, 2.75) is 51.0 Å². The Hall–Kier alpha value is -1.02. The van der Waals surface area contributed by atoms with Crippen LogP contribution in [0.15, 0.2) is 24.3 Å². The minimum atomic E-state index is -0.527. The molecule has 2 heteroatoms. The molecule has 2 rings (SSSR count). The Morgan fingerprint density at radius 2 is 1.94 bits per heavy atom. The highest BCUT2D eigenvalue weighted by Crippen LogP contribution is 2.37. The van der Waals surface area contributed by atoms with E-state index in [2.05, 4.69) is 13.0 Å². The first-order valence-corrected chi connectivity index (χ1v) is 7.01. The van der Waals surface area contributed by atoms with Crippen molar-refractivity contribution in [2.24, 2.45) is 5.92 Å². The lowest BCUT2D eigenvalue weighted by Crippen LogP contribution is -2.36. The van der Waals surface area contributed by atoms with Crippen molar-refractivity contribution in [2.75, 3.05) is 7.11 Å². The van der Waals surface area contributed by atoms with E-state index in [1.165, 1.54) is 6.42 Å². The summed E-state index contributed by atoms with van der Waals surface area (Å²) in [6.45, 7) is 2.25. The van der Waals surface area contributed by atoms with Gasteiger partial charge < -0.3 is 9.84 Å². The van der Waals surface area contributed by atoms with E-state index in [9.17, 15) is 5.11 Å². The summed E-state index contributed by atoms with van der Waals surface area (Å²) in [4.78, 5) is 0. The van der Waals surface area contributed by atoms with E-state index in [0.717, 1.165) is 42.9 Å². The summed E-state index contributed by atoms with van der Waals surface area (Å²) in [5.74, 6) is 1.70. The van der Waals surface area contributed by atoms with Crippen LogP contribution < -0.4 is 4.74 Å².